The second-order valence-corrected chi connectivity index (χ2v) is 5.43. The Balaban J connectivity index is 1.92. The van der Waals surface area contributed by atoms with Crippen LogP contribution in [0.4, 0.5) is 11.4 Å². The number of benzene rings is 1. The summed E-state index contributed by atoms with van der Waals surface area (Å²) in [6.07, 6.45) is 2.21. The third-order valence-electron chi connectivity index (χ3n) is 3.78. The van der Waals surface area contributed by atoms with Crippen molar-refractivity contribution in [2.75, 3.05) is 30.3 Å². The first-order valence-electron chi connectivity index (χ1n) is 6.92. The Morgan fingerprint density at radius 1 is 1.42 bits per heavy atom. The topological polar surface area (TPSA) is 58.4 Å². The number of nitrogens with two attached hydrogens (primary N) is 1. The predicted molar refractivity (Wildman–Crippen MR) is 79.2 cm³/mol. The van der Waals surface area contributed by atoms with Crippen LogP contribution in [-0.4, -0.2) is 25.5 Å². The molecule has 2 rings (SSSR count). The summed E-state index contributed by atoms with van der Waals surface area (Å²) in [4.78, 5) is 13.3. The highest BCUT2D eigenvalue weighted by Crippen LogP contribution is 2.28. The monoisotopic (exact) mass is 261 g/mol. The van der Waals surface area contributed by atoms with Crippen LogP contribution in [0.3, 0.4) is 0 Å². The molecule has 1 heterocycles. The summed E-state index contributed by atoms with van der Waals surface area (Å²) >= 11 is 0. The van der Waals surface area contributed by atoms with Gasteiger partial charge in [-0.2, -0.15) is 0 Å². The lowest BCUT2D eigenvalue weighted by atomic mass is 9.96. The van der Waals surface area contributed by atoms with Crippen LogP contribution in [0.2, 0.25) is 0 Å². The predicted octanol–water partition coefficient (Wildman–Crippen LogP) is 1.93. The van der Waals surface area contributed by atoms with E-state index in [0.29, 0.717) is 5.92 Å². The zero-order valence-electron chi connectivity index (χ0n) is 11.8. The quantitative estimate of drug-likeness (QED) is 0.817. The van der Waals surface area contributed by atoms with Crippen LogP contribution in [0.15, 0.2) is 18.2 Å². The van der Waals surface area contributed by atoms with Crippen LogP contribution in [0.25, 0.3) is 0 Å². The van der Waals surface area contributed by atoms with Gasteiger partial charge in [0.25, 0.3) is 0 Å². The molecule has 1 aliphatic heterocycles. The molecule has 3 N–H and O–H groups in total. The Labute approximate surface area is 115 Å². The molecule has 1 aliphatic rings. The smallest absolute Gasteiger partial charge is 0.216 e. The minimum absolute atomic E-state index is 0.0605. The van der Waals surface area contributed by atoms with Crippen molar-refractivity contribution in [3.8, 4) is 0 Å². The molecule has 0 bridgehead atoms. The molecule has 4 nitrogen and oxygen atoms in total. The number of nitrogen functional groups attached to an aromatic ring is 1. The highest BCUT2D eigenvalue weighted by molar-refractivity contribution is 5.72. The molecule has 0 aromatic heterocycles. The maximum atomic E-state index is 10.9. The Hall–Kier alpha value is -1.71. The Morgan fingerprint density at radius 2 is 2.11 bits per heavy atom. The summed E-state index contributed by atoms with van der Waals surface area (Å²) in [6.45, 7) is 6.48. The molecule has 1 amide bonds. The minimum Gasteiger partial charge on any atom is -0.397 e. The molecule has 0 aliphatic carbocycles. The third-order valence-corrected chi connectivity index (χ3v) is 3.78. The lowest BCUT2D eigenvalue weighted by molar-refractivity contribution is -0.119. The number of nitrogens with zero attached hydrogens (tertiary/aromatic N) is 1. The normalized spacial score (nSPS) is 16.4. The van der Waals surface area contributed by atoms with Crippen molar-refractivity contribution >= 4 is 17.3 Å². The average Bonchev–Trinajstić information content (AvgIpc) is 2.40. The summed E-state index contributed by atoms with van der Waals surface area (Å²) in [5.41, 5.74) is 9.30. The molecule has 0 saturated carbocycles. The van der Waals surface area contributed by atoms with Gasteiger partial charge in [-0.1, -0.05) is 6.07 Å². The number of piperidine rings is 1. The van der Waals surface area contributed by atoms with Crippen LogP contribution in [-0.2, 0) is 4.79 Å². The Bertz CT molecular complexity index is 451. The molecular formula is C15H23N3O. The van der Waals surface area contributed by atoms with E-state index in [1.165, 1.54) is 5.56 Å². The number of rotatable bonds is 3. The first kappa shape index (κ1) is 13.7. The van der Waals surface area contributed by atoms with Gasteiger partial charge >= 0.3 is 0 Å². The number of hydrogen-bond acceptors (Lipinski definition) is 3. The van der Waals surface area contributed by atoms with Crippen molar-refractivity contribution < 1.29 is 4.79 Å². The fourth-order valence-corrected chi connectivity index (χ4v) is 2.59. The number of anilines is 2. The van der Waals surface area contributed by atoms with Gasteiger partial charge in [0, 0.05) is 26.6 Å². The van der Waals surface area contributed by atoms with E-state index in [1.54, 1.807) is 6.92 Å². The molecule has 0 atom stereocenters. The summed E-state index contributed by atoms with van der Waals surface area (Å²) in [7, 11) is 0. The van der Waals surface area contributed by atoms with Crippen molar-refractivity contribution in [3.05, 3.63) is 23.8 Å². The maximum absolute atomic E-state index is 10.9. The van der Waals surface area contributed by atoms with E-state index in [2.05, 4.69) is 23.2 Å². The first-order valence-corrected chi connectivity index (χ1v) is 6.92. The summed E-state index contributed by atoms with van der Waals surface area (Å²) in [5, 5.41) is 2.91. The fraction of sp³-hybridized carbons (Fsp3) is 0.533. The summed E-state index contributed by atoms with van der Waals surface area (Å²) in [5.74, 6) is 0.650. The largest absolute Gasteiger partial charge is 0.397 e. The van der Waals surface area contributed by atoms with Gasteiger partial charge < -0.3 is 16.0 Å². The molecule has 19 heavy (non-hydrogen) atoms. The number of nitrogens with one attached hydrogen (secondary N) is 1. The van der Waals surface area contributed by atoms with Crippen LogP contribution in [0, 0.1) is 12.8 Å². The molecular weight excluding hydrogens is 238 g/mol. The zero-order chi connectivity index (χ0) is 13.8. The van der Waals surface area contributed by atoms with Crippen molar-refractivity contribution in [3.63, 3.8) is 0 Å². The van der Waals surface area contributed by atoms with E-state index < -0.39 is 0 Å². The van der Waals surface area contributed by atoms with Crippen molar-refractivity contribution in [1.29, 1.82) is 0 Å². The van der Waals surface area contributed by atoms with Crippen molar-refractivity contribution in [1.82, 2.24) is 5.32 Å². The van der Waals surface area contributed by atoms with Crippen LogP contribution in [0.1, 0.15) is 25.3 Å². The van der Waals surface area contributed by atoms with Gasteiger partial charge in [0.15, 0.2) is 0 Å². The van der Waals surface area contributed by atoms with Gasteiger partial charge in [-0.3, -0.25) is 4.79 Å². The van der Waals surface area contributed by atoms with Crippen LogP contribution < -0.4 is 16.0 Å². The third kappa shape index (κ3) is 3.63. The standard InChI is InChI=1S/C15H23N3O/c1-11-3-4-14(16)15(9-11)18-7-5-13(6-8-18)10-17-12(2)19/h3-4,9,13H,5-8,10,16H2,1-2H3,(H,17,19). The van der Waals surface area contributed by atoms with E-state index in [4.69, 9.17) is 5.73 Å². The van der Waals surface area contributed by atoms with E-state index >= 15 is 0 Å². The molecule has 104 valence electrons. The highest BCUT2D eigenvalue weighted by atomic mass is 16.1. The molecule has 1 aromatic carbocycles. The molecule has 0 spiro atoms. The van der Waals surface area contributed by atoms with Gasteiger partial charge in [-0.25, -0.2) is 0 Å². The van der Waals surface area contributed by atoms with E-state index in [0.717, 1.165) is 43.9 Å². The number of hydrogen-bond donors (Lipinski definition) is 2. The second kappa shape index (κ2) is 5.95. The van der Waals surface area contributed by atoms with Gasteiger partial charge in [0.05, 0.1) is 11.4 Å². The number of amides is 1. The van der Waals surface area contributed by atoms with Crippen molar-refractivity contribution in [2.45, 2.75) is 26.7 Å². The van der Waals surface area contributed by atoms with Gasteiger partial charge in [-0.15, -0.1) is 0 Å². The van der Waals surface area contributed by atoms with E-state index in [-0.39, 0.29) is 5.91 Å². The average molecular weight is 261 g/mol. The fourth-order valence-electron chi connectivity index (χ4n) is 2.59. The highest BCUT2D eigenvalue weighted by Gasteiger charge is 2.20. The molecule has 1 fully saturated rings. The number of aryl methyl sites for hydroxylation is 1. The second-order valence-electron chi connectivity index (χ2n) is 5.43. The number of carbonyl (C=O) groups excluding carboxylic acids is 1. The minimum atomic E-state index is 0.0605. The summed E-state index contributed by atoms with van der Waals surface area (Å²) in [6, 6.07) is 6.18. The first-order chi connectivity index (χ1) is 9.06. The lowest BCUT2D eigenvalue weighted by Gasteiger charge is -2.34. The van der Waals surface area contributed by atoms with Gasteiger partial charge in [0.2, 0.25) is 5.91 Å². The molecule has 0 radical (unpaired) electrons. The molecule has 4 heteroatoms. The van der Waals surface area contributed by atoms with Gasteiger partial charge in [0.1, 0.15) is 0 Å². The SMILES string of the molecule is CC(=O)NCC1CCN(c2cc(C)ccc2N)CC1. The lowest BCUT2D eigenvalue weighted by Crippen LogP contribution is -2.38. The van der Waals surface area contributed by atoms with Gasteiger partial charge in [-0.05, 0) is 43.4 Å². The van der Waals surface area contributed by atoms with Crippen LogP contribution >= 0.6 is 0 Å². The molecule has 1 saturated heterocycles. The zero-order valence-corrected chi connectivity index (χ0v) is 11.8. The number of carbonyl (C=O) groups is 1. The Kier molecular flexibility index (Phi) is 4.30. The van der Waals surface area contributed by atoms with E-state index in [1.807, 2.05) is 12.1 Å². The van der Waals surface area contributed by atoms with Crippen LogP contribution in [0.5, 0.6) is 0 Å². The Morgan fingerprint density at radius 3 is 2.74 bits per heavy atom. The molecule has 1 aromatic rings. The maximum Gasteiger partial charge on any atom is 0.216 e. The van der Waals surface area contributed by atoms with Crippen molar-refractivity contribution in [2.24, 2.45) is 5.92 Å². The van der Waals surface area contributed by atoms with E-state index in [9.17, 15) is 4.79 Å². The summed E-state index contributed by atoms with van der Waals surface area (Å²) < 4.78 is 0. The molecule has 0 unspecified atom stereocenters.